The molecule has 0 radical (unpaired) electrons. The largest absolute Gasteiger partial charge is 0.478 e. The van der Waals surface area contributed by atoms with Crippen LogP contribution in [0.2, 0.25) is 0 Å². The molecule has 0 atom stereocenters. The van der Waals surface area contributed by atoms with Gasteiger partial charge in [-0.25, -0.2) is 4.79 Å². The summed E-state index contributed by atoms with van der Waals surface area (Å²) in [7, 11) is 0. The second-order valence-corrected chi connectivity index (χ2v) is 4.81. The van der Waals surface area contributed by atoms with Gasteiger partial charge in [-0.2, -0.15) is 5.26 Å². The Balaban J connectivity index is 2.17. The van der Waals surface area contributed by atoms with Crippen LogP contribution in [-0.4, -0.2) is 23.5 Å². The summed E-state index contributed by atoms with van der Waals surface area (Å²) in [6.45, 7) is 0.583. The van der Waals surface area contributed by atoms with E-state index in [2.05, 4.69) is 6.07 Å². The monoisotopic (exact) mass is 272 g/mol. The highest BCUT2D eigenvalue weighted by Crippen LogP contribution is 2.29. The van der Waals surface area contributed by atoms with E-state index in [1.54, 1.807) is 17.0 Å². The SMILES string of the molecule is N#CCCCCN1C(=O)CCc2cc(C(=O)O)ccc21. The summed E-state index contributed by atoms with van der Waals surface area (Å²) in [6.07, 6.45) is 3.04. The molecular weight excluding hydrogens is 256 g/mol. The number of anilines is 1. The topological polar surface area (TPSA) is 81.4 Å². The zero-order valence-electron chi connectivity index (χ0n) is 11.1. The quantitative estimate of drug-likeness (QED) is 0.834. The molecular formula is C15H16N2O3. The number of carbonyl (C=O) groups is 2. The first-order chi connectivity index (χ1) is 9.63. The number of unbranched alkanes of at least 4 members (excludes halogenated alkanes) is 2. The number of carbonyl (C=O) groups excluding carboxylic acids is 1. The maximum absolute atomic E-state index is 12.0. The van der Waals surface area contributed by atoms with Crippen molar-refractivity contribution < 1.29 is 14.7 Å². The average Bonchev–Trinajstić information content (AvgIpc) is 2.44. The minimum atomic E-state index is -0.953. The van der Waals surface area contributed by atoms with Crippen molar-refractivity contribution in [3.63, 3.8) is 0 Å². The van der Waals surface area contributed by atoms with E-state index in [0.717, 1.165) is 24.1 Å². The van der Waals surface area contributed by atoms with Crippen LogP contribution >= 0.6 is 0 Å². The molecule has 1 aromatic rings. The van der Waals surface area contributed by atoms with Gasteiger partial charge in [0.25, 0.3) is 0 Å². The van der Waals surface area contributed by atoms with Crippen molar-refractivity contribution >= 4 is 17.6 Å². The van der Waals surface area contributed by atoms with Crippen molar-refractivity contribution in [2.24, 2.45) is 0 Å². The van der Waals surface area contributed by atoms with Crippen molar-refractivity contribution in [2.45, 2.75) is 32.1 Å². The second kappa shape index (κ2) is 6.20. The van der Waals surface area contributed by atoms with Crippen LogP contribution in [0.25, 0.3) is 0 Å². The lowest BCUT2D eigenvalue weighted by Gasteiger charge is -2.29. The molecule has 0 unspecified atom stereocenters. The normalized spacial score (nSPS) is 13.8. The van der Waals surface area contributed by atoms with E-state index in [-0.39, 0.29) is 11.5 Å². The number of amides is 1. The van der Waals surface area contributed by atoms with E-state index in [1.165, 1.54) is 6.07 Å². The molecule has 0 spiro atoms. The molecule has 0 aliphatic carbocycles. The molecule has 2 rings (SSSR count). The molecule has 0 bridgehead atoms. The maximum atomic E-state index is 12.0. The predicted octanol–water partition coefficient (Wildman–Crippen LogP) is 2.36. The van der Waals surface area contributed by atoms with Crippen molar-refractivity contribution in [3.05, 3.63) is 29.3 Å². The number of aryl methyl sites for hydroxylation is 1. The van der Waals surface area contributed by atoms with E-state index in [0.29, 0.717) is 25.8 Å². The summed E-state index contributed by atoms with van der Waals surface area (Å²) < 4.78 is 0. The summed E-state index contributed by atoms with van der Waals surface area (Å²) in [4.78, 5) is 24.7. The number of carboxylic acid groups (broad SMARTS) is 1. The van der Waals surface area contributed by atoms with Crippen molar-refractivity contribution in [3.8, 4) is 6.07 Å². The van der Waals surface area contributed by atoms with Crippen LogP contribution in [0.1, 0.15) is 41.6 Å². The Bertz CT molecular complexity index is 575. The summed E-state index contributed by atoms with van der Waals surface area (Å²) in [6, 6.07) is 6.97. The van der Waals surface area contributed by atoms with E-state index >= 15 is 0 Å². The minimum Gasteiger partial charge on any atom is -0.478 e. The Morgan fingerprint density at radius 1 is 1.35 bits per heavy atom. The van der Waals surface area contributed by atoms with E-state index in [9.17, 15) is 9.59 Å². The van der Waals surface area contributed by atoms with Crippen LogP contribution < -0.4 is 4.90 Å². The fraction of sp³-hybridized carbons (Fsp3) is 0.400. The number of aromatic carboxylic acids is 1. The predicted molar refractivity (Wildman–Crippen MR) is 73.5 cm³/mol. The van der Waals surface area contributed by atoms with E-state index in [1.807, 2.05) is 0 Å². The Kier molecular flexibility index (Phi) is 4.36. The highest BCUT2D eigenvalue weighted by atomic mass is 16.4. The van der Waals surface area contributed by atoms with Gasteiger partial charge in [0.05, 0.1) is 11.6 Å². The lowest BCUT2D eigenvalue weighted by molar-refractivity contribution is -0.118. The molecule has 20 heavy (non-hydrogen) atoms. The van der Waals surface area contributed by atoms with Gasteiger partial charge in [-0.3, -0.25) is 4.79 Å². The van der Waals surface area contributed by atoms with Gasteiger partial charge in [0.15, 0.2) is 0 Å². The number of fused-ring (bicyclic) bond motifs is 1. The Morgan fingerprint density at radius 3 is 2.85 bits per heavy atom. The van der Waals surface area contributed by atoms with Crippen LogP contribution in [0.5, 0.6) is 0 Å². The van der Waals surface area contributed by atoms with Gasteiger partial charge in [-0.15, -0.1) is 0 Å². The number of carboxylic acids is 1. The van der Waals surface area contributed by atoms with Gasteiger partial charge in [0.2, 0.25) is 5.91 Å². The third kappa shape index (κ3) is 2.97. The van der Waals surface area contributed by atoms with Crippen LogP contribution in [0.15, 0.2) is 18.2 Å². The van der Waals surface area contributed by atoms with E-state index < -0.39 is 5.97 Å². The molecule has 1 amide bonds. The zero-order valence-corrected chi connectivity index (χ0v) is 11.1. The van der Waals surface area contributed by atoms with Crippen LogP contribution in [0.3, 0.4) is 0 Å². The summed E-state index contributed by atoms with van der Waals surface area (Å²) in [5, 5.41) is 17.5. The second-order valence-electron chi connectivity index (χ2n) is 4.81. The standard InChI is InChI=1S/C15H16N2O3/c16-8-2-1-3-9-17-13-6-4-12(15(19)20)10-11(13)5-7-14(17)18/h4,6,10H,1-3,5,7,9H2,(H,19,20). The molecule has 5 heteroatoms. The third-order valence-electron chi connectivity index (χ3n) is 3.45. The molecule has 0 fully saturated rings. The highest BCUT2D eigenvalue weighted by molar-refractivity contribution is 5.97. The third-order valence-corrected chi connectivity index (χ3v) is 3.45. The molecule has 5 nitrogen and oxygen atoms in total. The lowest BCUT2D eigenvalue weighted by atomic mass is 9.98. The summed E-state index contributed by atoms with van der Waals surface area (Å²) >= 11 is 0. The van der Waals surface area contributed by atoms with E-state index in [4.69, 9.17) is 10.4 Å². The summed E-state index contributed by atoms with van der Waals surface area (Å²) in [5.74, 6) is -0.886. The molecule has 0 saturated carbocycles. The minimum absolute atomic E-state index is 0.0672. The molecule has 0 saturated heterocycles. The van der Waals surface area contributed by atoms with Gasteiger partial charge in [-0.1, -0.05) is 0 Å². The van der Waals surface area contributed by atoms with Crippen LogP contribution in [0.4, 0.5) is 5.69 Å². The number of nitrogens with zero attached hydrogens (tertiary/aromatic N) is 2. The number of benzene rings is 1. The summed E-state index contributed by atoms with van der Waals surface area (Å²) in [5.41, 5.74) is 1.97. The van der Waals surface area contributed by atoms with Gasteiger partial charge < -0.3 is 10.0 Å². The number of hydrogen-bond acceptors (Lipinski definition) is 3. The molecule has 104 valence electrons. The molecule has 0 aromatic heterocycles. The smallest absolute Gasteiger partial charge is 0.335 e. The van der Waals surface area contributed by atoms with Crippen LogP contribution in [-0.2, 0) is 11.2 Å². The van der Waals surface area contributed by atoms with Crippen molar-refractivity contribution in [2.75, 3.05) is 11.4 Å². The maximum Gasteiger partial charge on any atom is 0.335 e. The first-order valence-electron chi connectivity index (χ1n) is 6.67. The Hall–Kier alpha value is -2.35. The van der Waals surface area contributed by atoms with Gasteiger partial charge in [-0.05, 0) is 43.0 Å². The number of hydrogen-bond donors (Lipinski definition) is 1. The number of rotatable bonds is 5. The molecule has 1 heterocycles. The van der Waals surface area contributed by atoms with Crippen molar-refractivity contribution in [1.82, 2.24) is 0 Å². The first-order valence-corrected chi connectivity index (χ1v) is 6.67. The Labute approximate surface area is 117 Å². The first kappa shape index (κ1) is 14.1. The number of nitriles is 1. The lowest BCUT2D eigenvalue weighted by Crippen LogP contribution is -2.36. The Morgan fingerprint density at radius 2 is 2.15 bits per heavy atom. The molecule has 1 N–H and O–H groups in total. The fourth-order valence-electron chi connectivity index (χ4n) is 2.41. The van der Waals surface area contributed by atoms with Gasteiger partial charge in [0, 0.05) is 25.1 Å². The fourth-order valence-corrected chi connectivity index (χ4v) is 2.41. The molecule has 1 aromatic carbocycles. The molecule has 1 aliphatic heterocycles. The van der Waals surface area contributed by atoms with Crippen molar-refractivity contribution in [1.29, 1.82) is 5.26 Å². The van der Waals surface area contributed by atoms with Gasteiger partial charge >= 0.3 is 5.97 Å². The van der Waals surface area contributed by atoms with Crippen LogP contribution in [0, 0.1) is 11.3 Å². The zero-order chi connectivity index (χ0) is 14.5. The highest BCUT2D eigenvalue weighted by Gasteiger charge is 2.24. The average molecular weight is 272 g/mol. The molecule has 1 aliphatic rings. The van der Waals surface area contributed by atoms with Gasteiger partial charge in [0.1, 0.15) is 0 Å².